The molecule has 1 saturated carbocycles. The van der Waals surface area contributed by atoms with Gasteiger partial charge in [-0.2, -0.15) is 13.2 Å². The smallest absolute Gasteiger partial charge is 0.416 e. The van der Waals surface area contributed by atoms with Gasteiger partial charge in [0.05, 0.1) is 18.4 Å². The Morgan fingerprint density at radius 3 is 2.28 bits per heavy atom. The number of amides is 3. The molecule has 32 heavy (non-hydrogen) atoms. The second-order valence-electron chi connectivity index (χ2n) is 7.49. The molecule has 0 aliphatic heterocycles. The summed E-state index contributed by atoms with van der Waals surface area (Å²) in [5, 5.41) is 8.03. The zero-order valence-electron chi connectivity index (χ0n) is 16.8. The van der Waals surface area contributed by atoms with Crippen molar-refractivity contribution in [3.05, 3.63) is 83.8 Å². The van der Waals surface area contributed by atoms with E-state index in [1.165, 1.54) is 18.4 Å². The van der Waals surface area contributed by atoms with E-state index in [0.29, 0.717) is 23.6 Å². The van der Waals surface area contributed by atoms with Crippen LogP contribution >= 0.6 is 0 Å². The van der Waals surface area contributed by atoms with Crippen LogP contribution < -0.4 is 16.0 Å². The maximum absolute atomic E-state index is 13.2. The SMILES string of the molecule is O=C(NCc1ccco1)Nc1ccc(NC(=O)C2CC2c2ccccc2C(F)(F)F)cc1. The van der Waals surface area contributed by atoms with E-state index < -0.39 is 29.6 Å². The number of nitrogens with one attached hydrogen (secondary N) is 3. The van der Waals surface area contributed by atoms with Gasteiger partial charge in [-0.1, -0.05) is 18.2 Å². The molecule has 166 valence electrons. The standard InChI is InChI=1S/C23H20F3N3O3/c24-23(25,26)20-6-2-1-5-17(20)18-12-19(18)21(30)28-14-7-9-15(10-8-14)29-22(31)27-13-16-4-3-11-32-16/h1-11,18-19H,12-13H2,(H,28,30)(H2,27,29,31). The third-order valence-corrected chi connectivity index (χ3v) is 5.21. The molecule has 9 heteroatoms. The summed E-state index contributed by atoms with van der Waals surface area (Å²) < 4.78 is 44.8. The largest absolute Gasteiger partial charge is 0.467 e. The Labute approximate surface area is 181 Å². The van der Waals surface area contributed by atoms with Crippen molar-refractivity contribution in [2.75, 3.05) is 10.6 Å². The molecule has 1 heterocycles. The number of alkyl halides is 3. The van der Waals surface area contributed by atoms with E-state index in [1.807, 2.05) is 0 Å². The molecule has 1 aromatic heterocycles. The van der Waals surface area contributed by atoms with Gasteiger partial charge in [0.15, 0.2) is 0 Å². The average Bonchev–Trinajstić information content (AvgIpc) is 3.40. The molecule has 0 radical (unpaired) electrons. The highest BCUT2D eigenvalue weighted by Gasteiger charge is 2.47. The van der Waals surface area contributed by atoms with Crippen LogP contribution in [0.5, 0.6) is 0 Å². The van der Waals surface area contributed by atoms with E-state index >= 15 is 0 Å². The van der Waals surface area contributed by atoms with Crippen LogP contribution in [0.4, 0.5) is 29.3 Å². The van der Waals surface area contributed by atoms with Gasteiger partial charge in [-0.3, -0.25) is 4.79 Å². The third kappa shape index (κ3) is 5.11. The van der Waals surface area contributed by atoms with Crippen LogP contribution in [-0.2, 0) is 17.5 Å². The van der Waals surface area contributed by atoms with Gasteiger partial charge in [0.25, 0.3) is 0 Å². The molecule has 2 atom stereocenters. The molecule has 4 rings (SSSR count). The van der Waals surface area contributed by atoms with E-state index in [9.17, 15) is 22.8 Å². The van der Waals surface area contributed by atoms with E-state index in [-0.39, 0.29) is 18.0 Å². The van der Waals surface area contributed by atoms with Gasteiger partial charge in [0.1, 0.15) is 5.76 Å². The predicted molar refractivity (Wildman–Crippen MR) is 112 cm³/mol. The van der Waals surface area contributed by atoms with Gasteiger partial charge >= 0.3 is 12.2 Å². The normalized spacial score (nSPS) is 17.5. The number of benzene rings is 2. The molecular formula is C23H20F3N3O3. The lowest BCUT2D eigenvalue weighted by molar-refractivity contribution is -0.138. The van der Waals surface area contributed by atoms with Crippen LogP contribution in [-0.4, -0.2) is 11.9 Å². The lowest BCUT2D eigenvalue weighted by Gasteiger charge is -2.12. The highest BCUT2D eigenvalue weighted by Crippen LogP contribution is 2.51. The van der Waals surface area contributed by atoms with Gasteiger partial charge in [-0.15, -0.1) is 0 Å². The first kappa shape index (κ1) is 21.5. The summed E-state index contributed by atoms with van der Waals surface area (Å²) >= 11 is 0. The monoisotopic (exact) mass is 443 g/mol. The van der Waals surface area contributed by atoms with Crippen molar-refractivity contribution in [1.82, 2.24) is 5.32 Å². The minimum Gasteiger partial charge on any atom is -0.467 e. The van der Waals surface area contributed by atoms with Crippen molar-refractivity contribution < 1.29 is 27.2 Å². The highest BCUT2D eigenvalue weighted by atomic mass is 19.4. The number of rotatable bonds is 6. The second-order valence-corrected chi connectivity index (χ2v) is 7.49. The van der Waals surface area contributed by atoms with Crippen LogP contribution in [0.2, 0.25) is 0 Å². The summed E-state index contributed by atoms with van der Waals surface area (Å²) in [5.74, 6) is -0.673. The fourth-order valence-corrected chi connectivity index (χ4v) is 3.53. The van der Waals surface area contributed by atoms with Crippen molar-refractivity contribution in [3.8, 4) is 0 Å². The molecule has 1 aliphatic rings. The molecule has 0 bridgehead atoms. The number of urea groups is 1. The first-order chi connectivity index (χ1) is 15.3. The molecule has 2 aromatic carbocycles. The molecule has 2 unspecified atom stereocenters. The number of carbonyl (C=O) groups excluding carboxylic acids is 2. The average molecular weight is 443 g/mol. The summed E-state index contributed by atoms with van der Waals surface area (Å²) in [5.41, 5.74) is 0.468. The van der Waals surface area contributed by atoms with Crippen molar-refractivity contribution in [2.24, 2.45) is 5.92 Å². The maximum atomic E-state index is 13.2. The van der Waals surface area contributed by atoms with Crippen LogP contribution in [0, 0.1) is 5.92 Å². The van der Waals surface area contributed by atoms with Gasteiger partial charge in [-0.05, 0) is 60.4 Å². The number of hydrogen-bond donors (Lipinski definition) is 3. The van der Waals surface area contributed by atoms with Crippen LogP contribution in [0.3, 0.4) is 0 Å². The number of anilines is 2. The number of hydrogen-bond acceptors (Lipinski definition) is 3. The minimum atomic E-state index is -4.45. The van der Waals surface area contributed by atoms with E-state index in [4.69, 9.17) is 4.42 Å². The summed E-state index contributed by atoms with van der Waals surface area (Å²) in [7, 11) is 0. The summed E-state index contributed by atoms with van der Waals surface area (Å²) in [6.07, 6.45) is -2.57. The minimum absolute atomic E-state index is 0.153. The van der Waals surface area contributed by atoms with Gasteiger partial charge in [0.2, 0.25) is 5.91 Å². The molecule has 0 saturated heterocycles. The highest BCUT2D eigenvalue weighted by molar-refractivity contribution is 5.96. The lowest BCUT2D eigenvalue weighted by Crippen LogP contribution is -2.27. The molecule has 3 amide bonds. The maximum Gasteiger partial charge on any atom is 0.416 e. The first-order valence-corrected chi connectivity index (χ1v) is 9.95. The number of carbonyl (C=O) groups is 2. The fraction of sp³-hybridized carbons (Fsp3) is 0.217. The Balaban J connectivity index is 1.30. The molecule has 3 N–H and O–H groups in total. The molecular weight excluding hydrogens is 423 g/mol. The summed E-state index contributed by atoms with van der Waals surface area (Å²) in [6, 6.07) is 14.9. The van der Waals surface area contributed by atoms with Crippen LogP contribution in [0.1, 0.15) is 29.2 Å². The molecule has 1 aliphatic carbocycles. The predicted octanol–water partition coefficient (Wildman–Crippen LogP) is 5.36. The summed E-state index contributed by atoms with van der Waals surface area (Å²) in [4.78, 5) is 24.4. The van der Waals surface area contributed by atoms with Crippen LogP contribution in [0.25, 0.3) is 0 Å². The van der Waals surface area contributed by atoms with Crippen molar-refractivity contribution in [1.29, 1.82) is 0 Å². The van der Waals surface area contributed by atoms with Gasteiger partial charge in [-0.25, -0.2) is 4.79 Å². The van der Waals surface area contributed by atoms with E-state index in [0.717, 1.165) is 6.07 Å². The Hall–Kier alpha value is -3.75. The fourth-order valence-electron chi connectivity index (χ4n) is 3.53. The first-order valence-electron chi connectivity index (χ1n) is 9.95. The van der Waals surface area contributed by atoms with Crippen molar-refractivity contribution in [2.45, 2.75) is 25.1 Å². The Morgan fingerprint density at radius 2 is 1.62 bits per heavy atom. The summed E-state index contributed by atoms with van der Waals surface area (Å²) in [6.45, 7) is 0.243. The topological polar surface area (TPSA) is 83.4 Å². The van der Waals surface area contributed by atoms with Crippen molar-refractivity contribution in [3.63, 3.8) is 0 Å². The zero-order chi connectivity index (χ0) is 22.7. The zero-order valence-corrected chi connectivity index (χ0v) is 16.8. The Kier molecular flexibility index (Phi) is 5.89. The molecule has 6 nitrogen and oxygen atoms in total. The Morgan fingerprint density at radius 1 is 0.938 bits per heavy atom. The van der Waals surface area contributed by atoms with E-state index in [2.05, 4.69) is 16.0 Å². The van der Waals surface area contributed by atoms with Gasteiger partial charge < -0.3 is 20.4 Å². The number of halogens is 3. The molecule has 3 aromatic rings. The van der Waals surface area contributed by atoms with E-state index in [1.54, 1.807) is 42.5 Å². The number of furan rings is 1. The quantitative estimate of drug-likeness (QED) is 0.480. The third-order valence-electron chi connectivity index (χ3n) is 5.21. The molecule has 0 spiro atoms. The lowest BCUT2D eigenvalue weighted by atomic mass is 10.0. The van der Waals surface area contributed by atoms with Crippen molar-refractivity contribution >= 4 is 23.3 Å². The van der Waals surface area contributed by atoms with Gasteiger partial charge in [0, 0.05) is 17.3 Å². The Bertz CT molecular complexity index is 1100. The van der Waals surface area contributed by atoms with Crippen LogP contribution in [0.15, 0.2) is 71.3 Å². The molecule has 1 fully saturated rings. The second kappa shape index (κ2) is 8.78.